The molecule has 2 saturated heterocycles. The topological polar surface area (TPSA) is 77.9 Å². The summed E-state index contributed by atoms with van der Waals surface area (Å²) in [6.45, 7) is 0.902. The van der Waals surface area contributed by atoms with Gasteiger partial charge in [-0.2, -0.15) is 0 Å². The predicted molar refractivity (Wildman–Crippen MR) is 76.1 cm³/mol. The van der Waals surface area contributed by atoms with Crippen molar-refractivity contribution in [3.05, 3.63) is 0 Å². The highest BCUT2D eigenvalue weighted by atomic mass is 32.2. The van der Waals surface area contributed by atoms with Crippen LogP contribution in [0.3, 0.4) is 0 Å². The Morgan fingerprint density at radius 1 is 1.35 bits per heavy atom. The summed E-state index contributed by atoms with van der Waals surface area (Å²) in [4.78, 5) is 16.1. The summed E-state index contributed by atoms with van der Waals surface area (Å²) in [5.41, 5.74) is 0. The number of nitrogens with zero attached hydrogens (tertiary/aromatic N) is 2. The van der Waals surface area contributed by atoms with Crippen molar-refractivity contribution in [2.45, 2.75) is 43.1 Å². The number of aliphatic hydroxyl groups is 1. The molecule has 2 fully saturated rings. The van der Waals surface area contributed by atoms with Crippen molar-refractivity contribution in [2.24, 2.45) is 0 Å². The van der Waals surface area contributed by atoms with Gasteiger partial charge in [-0.25, -0.2) is 8.42 Å². The Morgan fingerprint density at radius 2 is 2.05 bits per heavy atom. The summed E-state index contributed by atoms with van der Waals surface area (Å²) >= 11 is 0. The van der Waals surface area contributed by atoms with Crippen LogP contribution in [-0.4, -0.2) is 79.6 Å². The number of hydrogen-bond acceptors (Lipinski definition) is 5. The SMILES string of the molecule is CN(C)CC1CC(O)CN1C(=O)C1CCCCS1(=O)=O. The van der Waals surface area contributed by atoms with E-state index in [0.717, 1.165) is 6.42 Å². The zero-order valence-electron chi connectivity index (χ0n) is 12.2. The van der Waals surface area contributed by atoms with Crippen molar-refractivity contribution in [1.29, 1.82) is 0 Å². The van der Waals surface area contributed by atoms with Crippen LogP contribution < -0.4 is 0 Å². The first-order chi connectivity index (χ1) is 9.31. The van der Waals surface area contributed by atoms with Crippen molar-refractivity contribution in [3.8, 4) is 0 Å². The molecule has 0 saturated carbocycles. The Bertz CT molecular complexity index is 463. The molecule has 0 aromatic rings. The minimum Gasteiger partial charge on any atom is -0.391 e. The molecule has 0 bridgehead atoms. The molecule has 6 nitrogen and oxygen atoms in total. The summed E-state index contributed by atoms with van der Waals surface area (Å²) in [5, 5.41) is 8.90. The second-order valence-electron chi connectivity index (χ2n) is 6.15. The van der Waals surface area contributed by atoms with Gasteiger partial charge >= 0.3 is 0 Å². The van der Waals surface area contributed by atoms with Gasteiger partial charge in [0.15, 0.2) is 9.84 Å². The Balaban J connectivity index is 2.14. The summed E-state index contributed by atoms with van der Waals surface area (Å²) in [6, 6.07) is -0.0929. The van der Waals surface area contributed by atoms with Crippen molar-refractivity contribution in [2.75, 3.05) is 32.9 Å². The minimum atomic E-state index is -3.32. The molecule has 2 heterocycles. The summed E-state index contributed by atoms with van der Waals surface area (Å²) < 4.78 is 24.1. The number of likely N-dealkylation sites (N-methyl/N-ethyl adjacent to an activating group) is 1. The van der Waals surface area contributed by atoms with Crippen LogP contribution in [0.4, 0.5) is 0 Å². The number of rotatable bonds is 3. The molecule has 20 heavy (non-hydrogen) atoms. The van der Waals surface area contributed by atoms with Crippen molar-refractivity contribution in [1.82, 2.24) is 9.80 Å². The van der Waals surface area contributed by atoms with Crippen molar-refractivity contribution >= 4 is 15.7 Å². The molecular weight excluding hydrogens is 280 g/mol. The monoisotopic (exact) mass is 304 g/mol. The van der Waals surface area contributed by atoms with E-state index in [-0.39, 0.29) is 24.2 Å². The van der Waals surface area contributed by atoms with Gasteiger partial charge in [-0.1, -0.05) is 6.42 Å². The molecule has 3 atom stereocenters. The normalized spacial score (nSPS) is 33.6. The van der Waals surface area contributed by atoms with Gasteiger partial charge in [-0.3, -0.25) is 4.79 Å². The van der Waals surface area contributed by atoms with E-state index in [1.807, 2.05) is 19.0 Å². The molecule has 3 unspecified atom stereocenters. The maximum atomic E-state index is 12.6. The molecule has 2 aliphatic heterocycles. The highest BCUT2D eigenvalue weighted by Crippen LogP contribution is 2.26. The molecule has 116 valence electrons. The quantitative estimate of drug-likeness (QED) is 0.759. The molecule has 0 spiro atoms. The lowest BCUT2D eigenvalue weighted by Gasteiger charge is -2.31. The number of β-amino-alcohol motifs (C(OH)–C–C–N with tert-alkyl or cyclic N) is 1. The van der Waals surface area contributed by atoms with Gasteiger partial charge in [0.2, 0.25) is 5.91 Å². The zero-order chi connectivity index (χ0) is 14.9. The Kier molecular flexibility index (Phi) is 4.71. The van der Waals surface area contributed by atoms with Crippen LogP contribution in [0.1, 0.15) is 25.7 Å². The van der Waals surface area contributed by atoms with E-state index in [1.54, 1.807) is 4.90 Å². The number of sulfone groups is 1. The largest absolute Gasteiger partial charge is 0.391 e. The number of amides is 1. The highest BCUT2D eigenvalue weighted by molar-refractivity contribution is 7.92. The Morgan fingerprint density at radius 3 is 2.65 bits per heavy atom. The number of carbonyl (C=O) groups excluding carboxylic acids is 1. The van der Waals surface area contributed by atoms with E-state index in [2.05, 4.69) is 0 Å². The summed E-state index contributed by atoms with van der Waals surface area (Å²) in [5.74, 6) is -0.203. The van der Waals surface area contributed by atoms with Crippen LogP contribution in [0.25, 0.3) is 0 Å². The molecule has 0 radical (unpaired) electrons. The van der Waals surface area contributed by atoms with E-state index in [0.29, 0.717) is 25.8 Å². The smallest absolute Gasteiger partial charge is 0.241 e. The van der Waals surface area contributed by atoms with Crippen LogP contribution >= 0.6 is 0 Å². The number of aliphatic hydroxyl groups excluding tert-OH is 1. The third kappa shape index (κ3) is 3.32. The van der Waals surface area contributed by atoms with E-state index in [1.165, 1.54) is 0 Å². The molecule has 7 heteroatoms. The van der Waals surface area contributed by atoms with Gasteiger partial charge in [-0.05, 0) is 33.4 Å². The fourth-order valence-corrected chi connectivity index (χ4v) is 5.03. The van der Waals surface area contributed by atoms with Crippen LogP contribution in [-0.2, 0) is 14.6 Å². The number of hydrogen-bond donors (Lipinski definition) is 1. The number of carbonyl (C=O) groups is 1. The maximum Gasteiger partial charge on any atom is 0.241 e. The van der Waals surface area contributed by atoms with Gasteiger partial charge in [0.25, 0.3) is 0 Å². The molecule has 2 rings (SSSR count). The average Bonchev–Trinajstić information content (AvgIpc) is 2.68. The first-order valence-corrected chi connectivity index (χ1v) is 8.87. The highest BCUT2D eigenvalue weighted by Gasteiger charge is 2.42. The van der Waals surface area contributed by atoms with Gasteiger partial charge in [-0.15, -0.1) is 0 Å². The summed E-state index contributed by atoms with van der Waals surface area (Å²) in [7, 11) is 0.499. The lowest BCUT2D eigenvalue weighted by Crippen LogP contribution is -2.49. The average molecular weight is 304 g/mol. The zero-order valence-corrected chi connectivity index (χ0v) is 13.0. The molecule has 0 aromatic heterocycles. The van der Waals surface area contributed by atoms with Crippen LogP contribution in [0.2, 0.25) is 0 Å². The van der Waals surface area contributed by atoms with E-state index in [4.69, 9.17) is 0 Å². The molecule has 1 amide bonds. The first-order valence-electron chi connectivity index (χ1n) is 7.16. The predicted octanol–water partition coefficient (Wildman–Crippen LogP) is -0.523. The first kappa shape index (κ1) is 15.7. The fourth-order valence-electron chi connectivity index (χ4n) is 3.17. The van der Waals surface area contributed by atoms with E-state index >= 15 is 0 Å². The van der Waals surface area contributed by atoms with Gasteiger partial charge < -0.3 is 14.9 Å². The second-order valence-corrected chi connectivity index (χ2v) is 8.45. The molecule has 0 aliphatic carbocycles. The Labute approximate surface area is 120 Å². The minimum absolute atomic E-state index is 0.0929. The van der Waals surface area contributed by atoms with Gasteiger partial charge in [0.05, 0.1) is 11.9 Å². The van der Waals surface area contributed by atoms with Crippen molar-refractivity contribution < 1.29 is 18.3 Å². The summed E-state index contributed by atoms with van der Waals surface area (Å²) in [6.07, 6.45) is 1.83. The number of likely N-dealkylation sites (tertiary alicyclic amines) is 1. The lowest BCUT2D eigenvalue weighted by molar-refractivity contribution is -0.132. The molecule has 1 N–H and O–H groups in total. The second kappa shape index (κ2) is 5.99. The van der Waals surface area contributed by atoms with Gasteiger partial charge in [0, 0.05) is 19.1 Å². The fraction of sp³-hybridized carbons (Fsp3) is 0.923. The Hall–Kier alpha value is -0.660. The molecular formula is C13H24N2O4S. The third-order valence-corrected chi connectivity index (χ3v) is 6.27. The lowest BCUT2D eigenvalue weighted by atomic mass is 10.1. The maximum absolute atomic E-state index is 12.6. The molecule has 0 aromatic carbocycles. The van der Waals surface area contributed by atoms with E-state index in [9.17, 15) is 18.3 Å². The van der Waals surface area contributed by atoms with Crippen LogP contribution in [0.5, 0.6) is 0 Å². The van der Waals surface area contributed by atoms with Crippen molar-refractivity contribution in [3.63, 3.8) is 0 Å². The third-order valence-electron chi connectivity index (χ3n) is 4.11. The van der Waals surface area contributed by atoms with Crippen LogP contribution in [0.15, 0.2) is 0 Å². The molecule has 2 aliphatic rings. The van der Waals surface area contributed by atoms with Gasteiger partial charge in [0.1, 0.15) is 5.25 Å². The van der Waals surface area contributed by atoms with E-state index < -0.39 is 21.2 Å². The van der Waals surface area contributed by atoms with Crippen LogP contribution in [0, 0.1) is 0 Å². The standard InChI is InChI=1S/C13H24N2O4S/c1-14(2)8-10-7-11(16)9-15(10)13(17)12-5-3-4-6-20(12,18)19/h10-12,16H,3-9H2,1-2H3.